The maximum Gasteiger partial charge on any atom is 0.128 e. The van der Waals surface area contributed by atoms with Crippen molar-refractivity contribution in [1.82, 2.24) is 0 Å². The van der Waals surface area contributed by atoms with E-state index in [1.165, 1.54) is 27.5 Å². The molecular weight excluding hydrogens is 342 g/mol. The van der Waals surface area contributed by atoms with E-state index in [-0.39, 0.29) is 0 Å². The van der Waals surface area contributed by atoms with E-state index in [1.54, 1.807) is 0 Å². The number of aryl methyl sites for hydroxylation is 2. The second-order valence-electron chi connectivity index (χ2n) is 6.99. The Morgan fingerprint density at radius 1 is 0.786 bits per heavy atom. The Bertz CT molecular complexity index is 1140. The Kier molecular flexibility index (Phi) is 5.20. The molecular formula is C26H23NO. The van der Waals surface area contributed by atoms with Crippen LogP contribution < -0.4 is 4.74 Å². The number of hydrogen-bond donors (Lipinski definition) is 0. The van der Waals surface area contributed by atoms with E-state index in [9.17, 15) is 0 Å². The normalized spacial score (nSPS) is 11.2. The van der Waals surface area contributed by atoms with Crippen molar-refractivity contribution in [2.45, 2.75) is 20.5 Å². The molecule has 0 amide bonds. The summed E-state index contributed by atoms with van der Waals surface area (Å²) in [5.41, 5.74) is 5.62. The van der Waals surface area contributed by atoms with Gasteiger partial charge in [0.15, 0.2) is 0 Å². The predicted molar refractivity (Wildman–Crippen MR) is 118 cm³/mol. The Hall–Kier alpha value is -3.39. The van der Waals surface area contributed by atoms with E-state index in [0.717, 1.165) is 17.0 Å². The Balaban J connectivity index is 1.56. The Morgan fingerprint density at radius 3 is 2.46 bits per heavy atom. The number of hydrogen-bond acceptors (Lipinski definition) is 2. The van der Waals surface area contributed by atoms with Crippen LogP contribution in [0.4, 0.5) is 5.69 Å². The summed E-state index contributed by atoms with van der Waals surface area (Å²) in [5, 5.41) is 2.46. The number of nitrogens with zero attached hydrogens (tertiary/aromatic N) is 1. The van der Waals surface area contributed by atoms with E-state index in [1.807, 2.05) is 36.5 Å². The summed E-state index contributed by atoms with van der Waals surface area (Å²) in [7, 11) is 0. The number of benzene rings is 4. The number of ether oxygens (including phenoxy) is 1. The highest BCUT2D eigenvalue weighted by Crippen LogP contribution is 2.23. The highest BCUT2D eigenvalue weighted by Gasteiger charge is 2.04. The van der Waals surface area contributed by atoms with Crippen molar-refractivity contribution in [3.05, 3.63) is 107 Å². The molecule has 0 saturated heterocycles. The summed E-state index contributed by atoms with van der Waals surface area (Å²) >= 11 is 0. The predicted octanol–water partition coefficient (Wildman–Crippen LogP) is 6.79. The van der Waals surface area contributed by atoms with E-state index in [0.29, 0.717) is 6.61 Å². The van der Waals surface area contributed by atoms with Gasteiger partial charge in [-0.2, -0.15) is 0 Å². The van der Waals surface area contributed by atoms with Crippen LogP contribution in [0.25, 0.3) is 10.8 Å². The van der Waals surface area contributed by atoms with Crippen LogP contribution in [0.15, 0.2) is 89.9 Å². The number of para-hydroxylation sites is 1. The van der Waals surface area contributed by atoms with Crippen LogP contribution in [-0.4, -0.2) is 6.21 Å². The van der Waals surface area contributed by atoms with Crippen LogP contribution in [-0.2, 0) is 6.61 Å². The van der Waals surface area contributed by atoms with Crippen LogP contribution in [0.1, 0.15) is 22.3 Å². The fraction of sp³-hybridized carbons (Fsp3) is 0.115. The summed E-state index contributed by atoms with van der Waals surface area (Å²) in [6.07, 6.45) is 1.88. The fourth-order valence-electron chi connectivity index (χ4n) is 3.24. The van der Waals surface area contributed by atoms with Gasteiger partial charge in [0.2, 0.25) is 0 Å². The minimum absolute atomic E-state index is 0.524. The smallest absolute Gasteiger partial charge is 0.128 e. The van der Waals surface area contributed by atoms with Crippen molar-refractivity contribution in [2.24, 2.45) is 4.99 Å². The number of rotatable bonds is 5. The average Bonchev–Trinajstić information content (AvgIpc) is 2.73. The van der Waals surface area contributed by atoms with Gasteiger partial charge in [0.1, 0.15) is 12.4 Å². The first-order valence-electron chi connectivity index (χ1n) is 9.50. The van der Waals surface area contributed by atoms with Crippen molar-refractivity contribution in [3.63, 3.8) is 0 Å². The van der Waals surface area contributed by atoms with Crippen LogP contribution in [0.3, 0.4) is 0 Å². The number of aliphatic imine (C=N–C) groups is 1. The van der Waals surface area contributed by atoms with Gasteiger partial charge >= 0.3 is 0 Å². The maximum atomic E-state index is 6.17. The molecule has 4 aromatic rings. The average molecular weight is 365 g/mol. The maximum absolute atomic E-state index is 6.17. The van der Waals surface area contributed by atoms with Gasteiger partial charge in [0.05, 0.1) is 5.69 Å². The summed E-state index contributed by atoms with van der Waals surface area (Å²) in [6, 6.07) is 29.0. The van der Waals surface area contributed by atoms with Crippen LogP contribution in [0.2, 0.25) is 0 Å². The molecule has 0 bridgehead atoms. The van der Waals surface area contributed by atoms with Gasteiger partial charge in [0.25, 0.3) is 0 Å². The topological polar surface area (TPSA) is 21.6 Å². The molecule has 2 nitrogen and oxygen atoms in total. The van der Waals surface area contributed by atoms with Gasteiger partial charge in [-0.05, 0) is 65.6 Å². The first kappa shape index (κ1) is 18.0. The Morgan fingerprint density at radius 2 is 1.57 bits per heavy atom. The zero-order valence-electron chi connectivity index (χ0n) is 16.2. The van der Waals surface area contributed by atoms with Gasteiger partial charge in [-0.15, -0.1) is 0 Å². The minimum atomic E-state index is 0.524. The minimum Gasteiger partial charge on any atom is -0.488 e. The monoisotopic (exact) mass is 365 g/mol. The molecule has 0 N–H and O–H groups in total. The quantitative estimate of drug-likeness (QED) is 0.357. The molecule has 0 aromatic heterocycles. The van der Waals surface area contributed by atoms with Gasteiger partial charge in [-0.3, -0.25) is 4.99 Å². The summed E-state index contributed by atoms with van der Waals surface area (Å²) in [4.78, 5) is 4.64. The molecule has 2 heteroatoms. The van der Waals surface area contributed by atoms with Crippen molar-refractivity contribution in [3.8, 4) is 5.75 Å². The zero-order chi connectivity index (χ0) is 19.3. The highest BCUT2D eigenvalue weighted by atomic mass is 16.5. The van der Waals surface area contributed by atoms with E-state index in [2.05, 4.69) is 73.4 Å². The summed E-state index contributed by atoms with van der Waals surface area (Å²) < 4.78 is 6.17. The third kappa shape index (κ3) is 3.96. The molecule has 0 aliphatic carbocycles. The first-order valence-corrected chi connectivity index (χ1v) is 9.50. The number of fused-ring (bicyclic) bond motifs is 1. The molecule has 0 fully saturated rings. The molecule has 28 heavy (non-hydrogen) atoms. The second-order valence-corrected chi connectivity index (χ2v) is 6.99. The molecule has 0 heterocycles. The lowest BCUT2D eigenvalue weighted by atomic mass is 10.1. The molecule has 0 atom stereocenters. The van der Waals surface area contributed by atoms with Crippen LogP contribution in [0.5, 0.6) is 5.75 Å². The van der Waals surface area contributed by atoms with Crippen molar-refractivity contribution < 1.29 is 4.74 Å². The molecule has 0 radical (unpaired) electrons. The van der Waals surface area contributed by atoms with Crippen molar-refractivity contribution in [2.75, 3.05) is 0 Å². The van der Waals surface area contributed by atoms with Gasteiger partial charge in [0, 0.05) is 11.8 Å². The first-order chi connectivity index (χ1) is 13.7. The lowest BCUT2D eigenvalue weighted by Gasteiger charge is -2.11. The van der Waals surface area contributed by atoms with Crippen LogP contribution >= 0.6 is 0 Å². The lowest BCUT2D eigenvalue weighted by molar-refractivity contribution is 0.307. The summed E-state index contributed by atoms with van der Waals surface area (Å²) in [6.45, 7) is 4.74. The molecule has 4 aromatic carbocycles. The van der Waals surface area contributed by atoms with Gasteiger partial charge < -0.3 is 4.74 Å². The molecule has 0 aliphatic heterocycles. The van der Waals surface area contributed by atoms with Gasteiger partial charge in [-0.25, -0.2) is 0 Å². The van der Waals surface area contributed by atoms with E-state index in [4.69, 9.17) is 4.74 Å². The molecule has 0 unspecified atom stereocenters. The third-order valence-electron chi connectivity index (χ3n) is 5.03. The SMILES string of the molecule is Cc1ccc(N=Cc2ccccc2OCc2cccc3ccccc23)cc1C. The molecule has 0 spiro atoms. The molecule has 138 valence electrons. The summed E-state index contributed by atoms with van der Waals surface area (Å²) in [5.74, 6) is 0.836. The zero-order valence-corrected chi connectivity index (χ0v) is 16.2. The second kappa shape index (κ2) is 8.10. The molecule has 0 saturated carbocycles. The van der Waals surface area contributed by atoms with Gasteiger partial charge in [-0.1, -0.05) is 60.7 Å². The molecule has 4 rings (SSSR count). The molecule has 0 aliphatic rings. The van der Waals surface area contributed by atoms with Crippen molar-refractivity contribution >= 4 is 22.7 Å². The van der Waals surface area contributed by atoms with Crippen molar-refractivity contribution in [1.29, 1.82) is 0 Å². The van der Waals surface area contributed by atoms with E-state index < -0.39 is 0 Å². The Labute approximate surface area is 166 Å². The fourth-order valence-corrected chi connectivity index (χ4v) is 3.24. The highest BCUT2D eigenvalue weighted by molar-refractivity contribution is 5.86. The third-order valence-corrected chi connectivity index (χ3v) is 5.03. The standard InChI is InChI=1S/C26H23NO/c1-19-14-15-24(16-20(19)2)27-17-22-9-4-6-13-26(22)28-18-23-11-7-10-21-8-3-5-12-25(21)23/h3-17H,18H2,1-2H3. The lowest BCUT2D eigenvalue weighted by Crippen LogP contribution is -1.99. The van der Waals surface area contributed by atoms with E-state index >= 15 is 0 Å². The largest absolute Gasteiger partial charge is 0.488 e. The van der Waals surface area contributed by atoms with Crippen LogP contribution in [0, 0.1) is 13.8 Å².